The van der Waals surface area contributed by atoms with E-state index in [1.165, 1.54) is 6.92 Å². The summed E-state index contributed by atoms with van der Waals surface area (Å²) in [6.07, 6.45) is 1.74. The van der Waals surface area contributed by atoms with Crippen LogP contribution in [0.5, 0.6) is 0 Å². The fraction of sp³-hybridized carbons (Fsp3) is 0.0833. The van der Waals surface area contributed by atoms with E-state index in [4.69, 9.17) is 12.2 Å². The summed E-state index contributed by atoms with van der Waals surface area (Å²) in [5, 5.41) is 0. The van der Waals surface area contributed by atoms with E-state index in [1.54, 1.807) is 6.08 Å². The van der Waals surface area contributed by atoms with Crippen molar-refractivity contribution in [3.63, 3.8) is 0 Å². The fourth-order valence-electron chi connectivity index (χ4n) is 1.44. The van der Waals surface area contributed by atoms with Gasteiger partial charge in [0.15, 0.2) is 4.32 Å². The van der Waals surface area contributed by atoms with Gasteiger partial charge in [-0.1, -0.05) is 54.3 Å². The lowest BCUT2D eigenvalue weighted by molar-refractivity contribution is -0.135. The first kappa shape index (κ1) is 12.0. The monoisotopic (exact) mass is 263 g/mol. The van der Waals surface area contributed by atoms with E-state index in [0.29, 0.717) is 9.23 Å². The number of nitrogens with zero attached hydrogens (tertiary/aromatic N) is 1. The number of rotatable bonds is 1. The number of carbonyl (C=O) groups is 2. The van der Waals surface area contributed by atoms with Crippen LogP contribution < -0.4 is 0 Å². The smallest absolute Gasteiger partial charge is 0.273 e. The molecule has 0 spiro atoms. The van der Waals surface area contributed by atoms with Gasteiger partial charge in [-0.15, -0.1) is 0 Å². The number of hydrogen-bond donors (Lipinski definition) is 0. The average Bonchev–Trinajstić information content (AvgIpc) is 2.55. The Morgan fingerprint density at radius 2 is 2.00 bits per heavy atom. The van der Waals surface area contributed by atoms with Gasteiger partial charge in [0.25, 0.3) is 5.91 Å². The number of carbonyl (C=O) groups excluding carboxylic acids is 2. The predicted octanol–water partition coefficient (Wildman–Crippen LogP) is 2.43. The maximum absolute atomic E-state index is 11.9. The molecular formula is C12H9NO2S2. The van der Waals surface area contributed by atoms with E-state index in [1.807, 2.05) is 30.3 Å². The van der Waals surface area contributed by atoms with Crippen LogP contribution in [0.3, 0.4) is 0 Å². The van der Waals surface area contributed by atoms with Crippen molar-refractivity contribution >= 4 is 46.2 Å². The summed E-state index contributed by atoms with van der Waals surface area (Å²) in [4.78, 5) is 24.6. The first-order valence-electron chi connectivity index (χ1n) is 4.93. The standard InChI is InChI=1S/C12H9NO2S2/c1-8(14)13-11(15)10(17-12(13)16)7-9-5-3-2-4-6-9/h2-7H,1H3/b10-7+. The van der Waals surface area contributed by atoms with Gasteiger partial charge in [0.1, 0.15) is 0 Å². The molecule has 0 radical (unpaired) electrons. The number of imide groups is 1. The Morgan fingerprint density at radius 1 is 1.35 bits per heavy atom. The molecule has 3 nitrogen and oxygen atoms in total. The minimum atomic E-state index is -0.344. The van der Waals surface area contributed by atoms with Crippen LogP contribution in [0.4, 0.5) is 0 Å². The molecule has 0 N–H and O–H groups in total. The van der Waals surface area contributed by atoms with Gasteiger partial charge in [-0.3, -0.25) is 9.59 Å². The molecule has 1 aliphatic rings. The Morgan fingerprint density at radius 3 is 2.53 bits per heavy atom. The highest BCUT2D eigenvalue weighted by atomic mass is 32.2. The molecule has 2 rings (SSSR count). The molecule has 2 amide bonds. The van der Waals surface area contributed by atoms with Gasteiger partial charge in [0, 0.05) is 6.92 Å². The Balaban J connectivity index is 2.31. The Hall–Kier alpha value is -1.46. The largest absolute Gasteiger partial charge is 0.274 e. The van der Waals surface area contributed by atoms with Crippen molar-refractivity contribution in [2.75, 3.05) is 0 Å². The Kier molecular flexibility index (Phi) is 3.40. The third kappa shape index (κ3) is 2.45. The summed E-state index contributed by atoms with van der Waals surface area (Å²) >= 11 is 6.15. The highest BCUT2D eigenvalue weighted by Crippen LogP contribution is 2.32. The highest BCUT2D eigenvalue weighted by molar-refractivity contribution is 8.26. The third-order valence-electron chi connectivity index (χ3n) is 2.21. The lowest BCUT2D eigenvalue weighted by Gasteiger charge is -2.07. The summed E-state index contributed by atoms with van der Waals surface area (Å²) in [7, 11) is 0. The van der Waals surface area contributed by atoms with Gasteiger partial charge < -0.3 is 0 Å². The maximum Gasteiger partial charge on any atom is 0.273 e. The van der Waals surface area contributed by atoms with Gasteiger partial charge in [0.2, 0.25) is 5.91 Å². The summed E-state index contributed by atoms with van der Waals surface area (Å²) in [6.45, 7) is 1.33. The highest BCUT2D eigenvalue weighted by Gasteiger charge is 2.34. The van der Waals surface area contributed by atoms with E-state index in [9.17, 15) is 9.59 Å². The molecule has 0 aromatic heterocycles. The minimum absolute atomic E-state index is 0.296. The van der Waals surface area contributed by atoms with Gasteiger partial charge in [-0.05, 0) is 11.6 Å². The van der Waals surface area contributed by atoms with Gasteiger partial charge in [0.05, 0.1) is 4.91 Å². The zero-order valence-electron chi connectivity index (χ0n) is 9.04. The van der Waals surface area contributed by atoms with Crippen LogP contribution in [-0.2, 0) is 9.59 Å². The number of thiocarbonyl (C=S) groups is 1. The summed E-state index contributed by atoms with van der Waals surface area (Å²) in [6, 6.07) is 9.45. The molecule has 1 heterocycles. The zero-order chi connectivity index (χ0) is 12.4. The van der Waals surface area contributed by atoms with Crippen LogP contribution in [0.1, 0.15) is 12.5 Å². The lowest BCUT2D eigenvalue weighted by atomic mass is 10.2. The molecule has 0 aliphatic carbocycles. The molecular weight excluding hydrogens is 254 g/mol. The molecule has 1 aromatic carbocycles. The maximum atomic E-state index is 11.9. The predicted molar refractivity (Wildman–Crippen MR) is 72.1 cm³/mol. The molecule has 0 bridgehead atoms. The van der Waals surface area contributed by atoms with E-state index >= 15 is 0 Å². The molecule has 1 aliphatic heterocycles. The van der Waals surface area contributed by atoms with Crippen LogP contribution in [0.15, 0.2) is 35.2 Å². The fourth-order valence-corrected chi connectivity index (χ4v) is 2.79. The van der Waals surface area contributed by atoms with Gasteiger partial charge in [-0.2, -0.15) is 0 Å². The second-order valence-corrected chi connectivity index (χ2v) is 5.12. The molecule has 0 atom stereocenters. The van der Waals surface area contributed by atoms with Crippen LogP contribution in [0, 0.1) is 0 Å². The summed E-state index contributed by atoms with van der Waals surface area (Å²) in [5.41, 5.74) is 0.913. The second kappa shape index (κ2) is 4.81. The molecule has 1 saturated heterocycles. The Labute approximate surface area is 108 Å². The zero-order valence-corrected chi connectivity index (χ0v) is 10.7. The first-order chi connectivity index (χ1) is 8.09. The van der Waals surface area contributed by atoms with Crippen molar-refractivity contribution in [1.82, 2.24) is 4.90 Å². The number of thioether (sulfide) groups is 1. The van der Waals surface area contributed by atoms with Crippen molar-refractivity contribution in [2.45, 2.75) is 6.92 Å². The van der Waals surface area contributed by atoms with Crippen molar-refractivity contribution in [3.8, 4) is 0 Å². The van der Waals surface area contributed by atoms with Crippen LogP contribution in [0.25, 0.3) is 6.08 Å². The van der Waals surface area contributed by atoms with E-state index in [2.05, 4.69) is 0 Å². The molecule has 5 heteroatoms. The van der Waals surface area contributed by atoms with Crippen molar-refractivity contribution in [3.05, 3.63) is 40.8 Å². The average molecular weight is 263 g/mol. The molecule has 1 aromatic rings. The van der Waals surface area contributed by atoms with Crippen LogP contribution in [0.2, 0.25) is 0 Å². The number of hydrogen-bond acceptors (Lipinski definition) is 4. The van der Waals surface area contributed by atoms with Gasteiger partial charge >= 0.3 is 0 Å². The molecule has 0 saturated carbocycles. The van der Waals surface area contributed by atoms with Crippen LogP contribution >= 0.6 is 24.0 Å². The molecule has 0 unspecified atom stereocenters. The van der Waals surface area contributed by atoms with E-state index < -0.39 is 0 Å². The van der Waals surface area contributed by atoms with Crippen molar-refractivity contribution in [2.24, 2.45) is 0 Å². The molecule has 1 fully saturated rings. The lowest BCUT2D eigenvalue weighted by Crippen LogP contribution is -2.32. The van der Waals surface area contributed by atoms with E-state index in [0.717, 1.165) is 22.2 Å². The second-order valence-electron chi connectivity index (χ2n) is 3.45. The quantitative estimate of drug-likeness (QED) is 0.576. The van der Waals surface area contributed by atoms with Crippen molar-refractivity contribution in [1.29, 1.82) is 0 Å². The minimum Gasteiger partial charge on any atom is -0.274 e. The number of benzene rings is 1. The van der Waals surface area contributed by atoms with Crippen LogP contribution in [-0.4, -0.2) is 21.0 Å². The third-order valence-corrected chi connectivity index (χ3v) is 3.51. The van der Waals surface area contributed by atoms with Crippen molar-refractivity contribution < 1.29 is 9.59 Å². The Bertz CT molecular complexity index is 523. The molecule has 86 valence electrons. The van der Waals surface area contributed by atoms with Gasteiger partial charge in [-0.25, -0.2) is 4.90 Å². The summed E-state index contributed by atoms with van der Waals surface area (Å²) < 4.78 is 0.296. The normalized spacial score (nSPS) is 17.9. The first-order valence-corrected chi connectivity index (χ1v) is 6.15. The van der Waals surface area contributed by atoms with E-state index in [-0.39, 0.29) is 11.8 Å². The molecule has 17 heavy (non-hydrogen) atoms. The summed E-state index contributed by atoms with van der Waals surface area (Å²) in [5.74, 6) is -0.680. The topological polar surface area (TPSA) is 37.4 Å². The SMILES string of the molecule is CC(=O)N1C(=O)/C(=C\c2ccccc2)SC1=S. The number of amides is 2.